The van der Waals surface area contributed by atoms with Crippen LogP contribution in [0.3, 0.4) is 0 Å². The van der Waals surface area contributed by atoms with Gasteiger partial charge < -0.3 is 15.8 Å². The molecular formula is C11H18N2O2S. The number of nitrogen functional groups attached to an aromatic ring is 1. The molecule has 0 aliphatic heterocycles. The van der Waals surface area contributed by atoms with Crippen molar-refractivity contribution in [2.24, 2.45) is 5.92 Å². The van der Waals surface area contributed by atoms with E-state index in [-0.39, 0.29) is 5.97 Å². The molecule has 5 heteroatoms. The van der Waals surface area contributed by atoms with Gasteiger partial charge in [-0.2, -0.15) is 0 Å². The number of thiophene rings is 1. The molecule has 1 heterocycles. The van der Waals surface area contributed by atoms with E-state index >= 15 is 0 Å². The number of hydrogen-bond donors (Lipinski definition) is 2. The van der Waals surface area contributed by atoms with Crippen LogP contribution in [0.25, 0.3) is 0 Å². The van der Waals surface area contributed by atoms with Crippen molar-refractivity contribution in [2.45, 2.75) is 20.3 Å². The first kappa shape index (κ1) is 12.8. The second-order valence-corrected chi connectivity index (χ2v) is 5.05. The molecule has 0 aromatic carbocycles. The van der Waals surface area contributed by atoms with Gasteiger partial charge in [0.25, 0.3) is 0 Å². The van der Waals surface area contributed by atoms with Crippen LogP contribution in [0.5, 0.6) is 0 Å². The van der Waals surface area contributed by atoms with E-state index in [2.05, 4.69) is 23.9 Å². The minimum atomic E-state index is -0.376. The SMILES string of the molecule is COC(=O)c1sc(NCCC(C)C)cc1N. The summed E-state index contributed by atoms with van der Waals surface area (Å²) in [7, 11) is 1.35. The number of rotatable bonds is 5. The van der Waals surface area contributed by atoms with Crippen molar-refractivity contribution >= 4 is 28.0 Å². The maximum Gasteiger partial charge on any atom is 0.350 e. The quantitative estimate of drug-likeness (QED) is 0.779. The Hall–Kier alpha value is -1.23. The molecule has 3 N–H and O–H groups in total. The summed E-state index contributed by atoms with van der Waals surface area (Å²) in [5.41, 5.74) is 6.19. The first-order valence-corrected chi connectivity index (χ1v) is 6.07. The highest BCUT2D eigenvalue weighted by Gasteiger charge is 2.14. The predicted octanol–water partition coefficient (Wildman–Crippen LogP) is 2.57. The van der Waals surface area contributed by atoms with Crippen molar-refractivity contribution < 1.29 is 9.53 Å². The van der Waals surface area contributed by atoms with Gasteiger partial charge in [0.2, 0.25) is 0 Å². The Kier molecular flexibility index (Phi) is 4.61. The molecule has 0 aliphatic rings. The third kappa shape index (κ3) is 3.41. The number of nitrogens with one attached hydrogen (secondary N) is 1. The molecule has 90 valence electrons. The average Bonchev–Trinajstić information content (AvgIpc) is 2.58. The molecule has 4 nitrogen and oxygen atoms in total. The number of hydrogen-bond acceptors (Lipinski definition) is 5. The summed E-state index contributed by atoms with van der Waals surface area (Å²) < 4.78 is 4.64. The van der Waals surface area contributed by atoms with Gasteiger partial charge in [0, 0.05) is 6.54 Å². The van der Waals surface area contributed by atoms with Gasteiger partial charge in [0.1, 0.15) is 4.88 Å². The summed E-state index contributed by atoms with van der Waals surface area (Å²) in [5.74, 6) is 0.282. The van der Waals surface area contributed by atoms with Crippen LogP contribution in [-0.2, 0) is 4.74 Å². The molecule has 1 aromatic rings. The number of esters is 1. The van der Waals surface area contributed by atoms with Crippen LogP contribution in [0.4, 0.5) is 10.7 Å². The van der Waals surface area contributed by atoms with Gasteiger partial charge in [-0.05, 0) is 18.4 Å². The molecule has 0 saturated carbocycles. The van der Waals surface area contributed by atoms with Crippen molar-refractivity contribution in [3.63, 3.8) is 0 Å². The van der Waals surface area contributed by atoms with Crippen LogP contribution in [-0.4, -0.2) is 19.6 Å². The van der Waals surface area contributed by atoms with Crippen LogP contribution in [0.15, 0.2) is 6.07 Å². The van der Waals surface area contributed by atoms with E-state index in [1.807, 2.05) is 0 Å². The second kappa shape index (κ2) is 5.75. The van der Waals surface area contributed by atoms with Crippen LogP contribution in [0, 0.1) is 5.92 Å². The van der Waals surface area contributed by atoms with E-state index in [1.165, 1.54) is 18.4 Å². The van der Waals surface area contributed by atoms with E-state index in [1.54, 1.807) is 6.07 Å². The van der Waals surface area contributed by atoms with Gasteiger partial charge in [-0.15, -0.1) is 11.3 Å². The van der Waals surface area contributed by atoms with Gasteiger partial charge in [0.05, 0.1) is 17.8 Å². The normalized spacial score (nSPS) is 10.5. The molecule has 0 bridgehead atoms. The maximum atomic E-state index is 11.3. The first-order chi connectivity index (χ1) is 7.54. The van der Waals surface area contributed by atoms with Crippen LogP contribution in [0.2, 0.25) is 0 Å². The Labute approximate surface area is 99.8 Å². The molecule has 16 heavy (non-hydrogen) atoms. The van der Waals surface area contributed by atoms with Crippen LogP contribution >= 0.6 is 11.3 Å². The molecular weight excluding hydrogens is 224 g/mol. The molecule has 0 unspecified atom stereocenters. The van der Waals surface area contributed by atoms with E-state index in [0.717, 1.165) is 18.0 Å². The van der Waals surface area contributed by atoms with Gasteiger partial charge in [0.15, 0.2) is 0 Å². The summed E-state index contributed by atoms with van der Waals surface area (Å²) in [6.45, 7) is 5.23. The van der Waals surface area contributed by atoms with Gasteiger partial charge >= 0.3 is 5.97 Å². The molecule has 0 aliphatic carbocycles. The van der Waals surface area contributed by atoms with Crippen molar-refractivity contribution in [1.29, 1.82) is 0 Å². The molecule has 0 atom stereocenters. The Bertz CT molecular complexity index is 361. The average molecular weight is 242 g/mol. The fourth-order valence-corrected chi connectivity index (χ4v) is 2.15. The van der Waals surface area contributed by atoms with Crippen molar-refractivity contribution in [2.75, 3.05) is 24.7 Å². The summed E-state index contributed by atoms with van der Waals surface area (Å²) in [4.78, 5) is 11.8. The second-order valence-electron chi connectivity index (χ2n) is 4.00. The Morgan fingerprint density at radius 1 is 1.62 bits per heavy atom. The number of nitrogens with two attached hydrogens (primary N) is 1. The number of methoxy groups -OCH3 is 1. The lowest BCUT2D eigenvalue weighted by atomic mass is 10.1. The first-order valence-electron chi connectivity index (χ1n) is 5.26. The zero-order valence-electron chi connectivity index (χ0n) is 9.87. The summed E-state index contributed by atoms with van der Waals surface area (Å²) in [6, 6.07) is 1.78. The number of anilines is 2. The molecule has 0 fully saturated rings. The Morgan fingerprint density at radius 3 is 2.88 bits per heavy atom. The molecule has 0 spiro atoms. The third-order valence-electron chi connectivity index (χ3n) is 2.15. The van der Waals surface area contributed by atoms with Gasteiger partial charge in [-0.1, -0.05) is 13.8 Å². The monoisotopic (exact) mass is 242 g/mol. The Morgan fingerprint density at radius 2 is 2.31 bits per heavy atom. The van der Waals surface area contributed by atoms with Crippen LogP contribution < -0.4 is 11.1 Å². The summed E-state index contributed by atoms with van der Waals surface area (Å²) in [6.07, 6.45) is 1.09. The lowest BCUT2D eigenvalue weighted by molar-refractivity contribution is 0.0607. The van der Waals surface area contributed by atoms with E-state index < -0.39 is 0 Å². The highest BCUT2D eigenvalue weighted by atomic mass is 32.1. The molecule has 0 saturated heterocycles. The van der Waals surface area contributed by atoms with Gasteiger partial charge in [-0.25, -0.2) is 4.79 Å². The van der Waals surface area contributed by atoms with Gasteiger partial charge in [-0.3, -0.25) is 0 Å². The van der Waals surface area contributed by atoms with Crippen molar-refractivity contribution in [1.82, 2.24) is 0 Å². The maximum absolute atomic E-state index is 11.3. The van der Waals surface area contributed by atoms with E-state index in [4.69, 9.17) is 5.73 Å². The third-order valence-corrected chi connectivity index (χ3v) is 3.24. The molecule has 0 radical (unpaired) electrons. The molecule has 0 amide bonds. The fraction of sp³-hybridized carbons (Fsp3) is 0.545. The smallest absolute Gasteiger partial charge is 0.350 e. The lowest BCUT2D eigenvalue weighted by Crippen LogP contribution is -2.03. The topological polar surface area (TPSA) is 64.3 Å². The highest BCUT2D eigenvalue weighted by Crippen LogP contribution is 2.29. The molecule has 1 rings (SSSR count). The zero-order chi connectivity index (χ0) is 12.1. The zero-order valence-corrected chi connectivity index (χ0v) is 10.7. The summed E-state index contributed by atoms with van der Waals surface area (Å²) >= 11 is 1.33. The summed E-state index contributed by atoms with van der Waals surface area (Å²) in [5, 5.41) is 4.16. The minimum absolute atomic E-state index is 0.376. The largest absolute Gasteiger partial charge is 0.465 e. The number of carbonyl (C=O) groups is 1. The Balaban J connectivity index is 2.59. The standard InChI is InChI=1S/C11H18N2O2S/c1-7(2)4-5-13-9-6-8(12)10(16-9)11(14)15-3/h6-7,13H,4-5,12H2,1-3H3. The van der Waals surface area contributed by atoms with E-state index in [0.29, 0.717) is 16.5 Å². The lowest BCUT2D eigenvalue weighted by Gasteiger charge is -2.05. The highest BCUT2D eigenvalue weighted by molar-refractivity contribution is 7.18. The fourth-order valence-electron chi connectivity index (χ4n) is 1.23. The van der Waals surface area contributed by atoms with Crippen molar-refractivity contribution in [3.8, 4) is 0 Å². The van der Waals surface area contributed by atoms with Crippen molar-refractivity contribution in [3.05, 3.63) is 10.9 Å². The van der Waals surface area contributed by atoms with E-state index in [9.17, 15) is 4.79 Å². The van der Waals surface area contributed by atoms with Crippen LogP contribution in [0.1, 0.15) is 29.9 Å². The molecule has 1 aromatic heterocycles. The predicted molar refractivity (Wildman–Crippen MR) is 68.0 cm³/mol. The minimum Gasteiger partial charge on any atom is -0.465 e. The number of ether oxygens (including phenoxy) is 1. The number of carbonyl (C=O) groups excluding carboxylic acids is 1.